The lowest BCUT2D eigenvalue weighted by molar-refractivity contribution is -0.126. The molecule has 3 heteroatoms. The van der Waals surface area contributed by atoms with Gasteiger partial charge in [-0.15, -0.1) is 0 Å². The van der Waals surface area contributed by atoms with Gasteiger partial charge < -0.3 is 4.90 Å². The van der Waals surface area contributed by atoms with E-state index in [-0.39, 0.29) is 0 Å². The summed E-state index contributed by atoms with van der Waals surface area (Å²) < 4.78 is 0. The molecule has 1 aliphatic carbocycles. The maximum Gasteiger partial charge on any atom is 0.137 e. The van der Waals surface area contributed by atoms with E-state index in [0.29, 0.717) is 17.7 Å². The summed E-state index contributed by atoms with van der Waals surface area (Å²) in [5.41, 5.74) is 0. The Morgan fingerprint density at radius 2 is 2.10 bits per heavy atom. The first-order chi connectivity index (χ1) is 9.60. The first-order valence-electron chi connectivity index (χ1n) is 8.55. The smallest absolute Gasteiger partial charge is 0.137 e. The number of Topliss-reactive ketones (excluding diaryl/α,β-unsaturated/α-hetero) is 1. The zero-order valence-electron chi connectivity index (χ0n) is 13.6. The molecular formula is C17H32N2O. The summed E-state index contributed by atoms with van der Waals surface area (Å²) >= 11 is 0. The molecule has 1 heterocycles. The molecule has 1 saturated carbocycles. The lowest BCUT2D eigenvalue weighted by Gasteiger charge is -2.34. The highest BCUT2D eigenvalue weighted by Gasteiger charge is 2.31. The van der Waals surface area contributed by atoms with Crippen molar-refractivity contribution in [2.75, 3.05) is 33.2 Å². The zero-order chi connectivity index (χ0) is 14.5. The van der Waals surface area contributed by atoms with Crippen LogP contribution in [-0.2, 0) is 4.79 Å². The van der Waals surface area contributed by atoms with Crippen LogP contribution >= 0.6 is 0 Å². The van der Waals surface area contributed by atoms with E-state index >= 15 is 0 Å². The van der Waals surface area contributed by atoms with Gasteiger partial charge in [0.1, 0.15) is 5.78 Å². The van der Waals surface area contributed by atoms with Crippen molar-refractivity contribution in [1.82, 2.24) is 9.80 Å². The Morgan fingerprint density at radius 3 is 2.85 bits per heavy atom. The maximum atomic E-state index is 12.2. The summed E-state index contributed by atoms with van der Waals surface area (Å²) in [6, 6.07) is 0.585. The second kappa shape index (κ2) is 7.56. The molecule has 2 rings (SSSR count). The molecule has 0 aromatic heterocycles. The topological polar surface area (TPSA) is 23.6 Å². The molecule has 3 nitrogen and oxygen atoms in total. The average molecular weight is 280 g/mol. The minimum Gasteiger partial charge on any atom is -0.305 e. The second-order valence-corrected chi connectivity index (χ2v) is 7.05. The predicted octanol–water partition coefficient (Wildman–Crippen LogP) is 2.80. The molecule has 3 atom stereocenters. The molecule has 1 aliphatic heterocycles. The van der Waals surface area contributed by atoms with Gasteiger partial charge in [-0.05, 0) is 52.2 Å². The molecule has 116 valence electrons. The SMILES string of the molecule is CCCC1CCC(=O)C(CN2CCCN(C)CC2C)C1. The Morgan fingerprint density at radius 1 is 1.30 bits per heavy atom. The van der Waals surface area contributed by atoms with E-state index in [1.54, 1.807) is 0 Å². The molecule has 3 unspecified atom stereocenters. The van der Waals surface area contributed by atoms with Gasteiger partial charge in [0.05, 0.1) is 0 Å². The van der Waals surface area contributed by atoms with Crippen LogP contribution in [0.1, 0.15) is 52.4 Å². The van der Waals surface area contributed by atoms with Gasteiger partial charge >= 0.3 is 0 Å². The number of carbonyl (C=O) groups is 1. The van der Waals surface area contributed by atoms with Crippen molar-refractivity contribution < 1.29 is 4.79 Å². The van der Waals surface area contributed by atoms with Crippen molar-refractivity contribution >= 4 is 5.78 Å². The van der Waals surface area contributed by atoms with Crippen LogP contribution < -0.4 is 0 Å². The summed E-state index contributed by atoms with van der Waals surface area (Å²) in [7, 11) is 2.21. The molecule has 0 aromatic carbocycles. The number of rotatable bonds is 4. The van der Waals surface area contributed by atoms with Gasteiger partial charge in [-0.1, -0.05) is 19.8 Å². The van der Waals surface area contributed by atoms with E-state index in [1.807, 2.05) is 0 Å². The van der Waals surface area contributed by atoms with Crippen LogP contribution in [0.2, 0.25) is 0 Å². The Kier molecular flexibility index (Phi) is 6.03. The lowest BCUT2D eigenvalue weighted by Crippen LogP contribution is -2.43. The Labute approximate surface area is 124 Å². The zero-order valence-corrected chi connectivity index (χ0v) is 13.6. The van der Waals surface area contributed by atoms with Crippen molar-refractivity contribution in [3.05, 3.63) is 0 Å². The largest absolute Gasteiger partial charge is 0.305 e. The summed E-state index contributed by atoms with van der Waals surface area (Å²) in [5, 5.41) is 0. The van der Waals surface area contributed by atoms with E-state index < -0.39 is 0 Å². The van der Waals surface area contributed by atoms with Crippen LogP contribution in [0.25, 0.3) is 0 Å². The average Bonchev–Trinajstić information content (AvgIpc) is 2.55. The van der Waals surface area contributed by atoms with Gasteiger partial charge in [0.2, 0.25) is 0 Å². The molecule has 0 bridgehead atoms. The monoisotopic (exact) mass is 280 g/mol. The van der Waals surface area contributed by atoms with Crippen LogP contribution in [0, 0.1) is 11.8 Å². The Balaban J connectivity index is 1.91. The van der Waals surface area contributed by atoms with Gasteiger partial charge in [0, 0.05) is 31.5 Å². The first kappa shape index (κ1) is 16.0. The molecule has 20 heavy (non-hydrogen) atoms. The maximum absolute atomic E-state index is 12.2. The minimum atomic E-state index is 0.311. The molecular weight excluding hydrogens is 248 g/mol. The van der Waals surface area contributed by atoms with Gasteiger partial charge in [0.25, 0.3) is 0 Å². The lowest BCUT2D eigenvalue weighted by atomic mass is 9.78. The van der Waals surface area contributed by atoms with Crippen LogP contribution in [0.3, 0.4) is 0 Å². The van der Waals surface area contributed by atoms with Crippen molar-refractivity contribution in [1.29, 1.82) is 0 Å². The third-order valence-corrected chi connectivity index (χ3v) is 5.21. The van der Waals surface area contributed by atoms with Gasteiger partial charge in [-0.25, -0.2) is 0 Å². The van der Waals surface area contributed by atoms with Crippen molar-refractivity contribution in [3.63, 3.8) is 0 Å². The van der Waals surface area contributed by atoms with E-state index in [1.165, 1.54) is 25.8 Å². The molecule has 2 fully saturated rings. The highest BCUT2D eigenvalue weighted by molar-refractivity contribution is 5.81. The molecule has 0 amide bonds. The highest BCUT2D eigenvalue weighted by Crippen LogP contribution is 2.30. The normalized spacial score (nSPS) is 34.1. The summed E-state index contributed by atoms with van der Waals surface area (Å²) in [6.07, 6.45) is 6.92. The van der Waals surface area contributed by atoms with E-state index in [0.717, 1.165) is 44.8 Å². The quantitative estimate of drug-likeness (QED) is 0.791. The van der Waals surface area contributed by atoms with Crippen molar-refractivity contribution in [2.45, 2.75) is 58.4 Å². The molecule has 0 spiro atoms. The second-order valence-electron chi connectivity index (χ2n) is 7.05. The van der Waals surface area contributed by atoms with Crippen LogP contribution in [0.15, 0.2) is 0 Å². The third-order valence-electron chi connectivity index (χ3n) is 5.21. The van der Waals surface area contributed by atoms with E-state index in [2.05, 4.69) is 30.7 Å². The molecule has 2 aliphatic rings. The van der Waals surface area contributed by atoms with Gasteiger partial charge in [-0.3, -0.25) is 9.69 Å². The molecule has 1 saturated heterocycles. The number of nitrogens with zero attached hydrogens (tertiary/aromatic N) is 2. The fourth-order valence-electron chi connectivity index (χ4n) is 4.03. The first-order valence-corrected chi connectivity index (χ1v) is 8.55. The third kappa shape index (κ3) is 4.29. The molecule has 0 aromatic rings. The van der Waals surface area contributed by atoms with Crippen molar-refractivity contribution in [3.8, 4) is 0 Å². The Hall–Kier alpha value is -0.410. The van der Waals surface area contributed by atoms with Crippen LogP contribution in [0.5, 0.6) is 0 Å². The minimum absolute atomic E-state index is 0.311. The van der Waals surface area contributed by atoms with Crippen LogP contribution in [-0.4, -0.2) is 54.9 Å². The Bertz CT molecular complexity index is 318. The van der Waals surface area contributed by atoms with E-state index in [4.69, 9.17) is 0 Å². The summed E-state index contributed by atoms with van der Waals surface area (Å²) in [6.45, 7) is 9.08. The number of ketones is 1. The predicted molar refractivity (Wildman–Crippen MR) is 83.9 cm³/mol. The van der Waals surface area contributed by atoms with Gasteiger partial charge in [-0.2, -0.15) is 0 Å². The summed E-state index contributed by atoms with van der Waals surface area (Å²) in [4.78, 5) is 17.2. The number of hydrogen-bond donors (Lipinski definition) is 0. The molecule has 0 N–H and O–H groups in total. The van der Waals surface area contributed by atoms with Gasteiger partial charge in [0.15, 0.2) is 0 Å². The summed E-state index contributed by atoms with van der Waals surface area (Å²) in [5.74, 6) is 1.64. The standard InChI is InChI=1S/C17H32N2O/c1-4-6-15-7-8-17(20)16(11-15)13-19-10-5-9-18(3)12-14(19)2/h14-16H,4-13H2,1-3H3. The highest BCUT2D eigenvalue weighted by atomic mass is 16.1. The van der Waals surface area contributed by atoms with E-state index in [9.17, 15) is 4.79 Å². The molecule has 0 radical (unpaired) electrons. The fourth-order valence-corrected chi connectivity index (χ4v) is 4.03. The number of carbonyl (C=O) groups excluding carboxylic acids is 1. The fraction of sp³-hybridized carbons (Fsp3) is 0.941. The van der Waals surface area contributed by atoms with Crippen LogP contribution in [0.4, 0.5) is 0 Å². The van der Waals surface area contributed by atoms with Crippen molar-refractivity contribution in [2.24, 2.45) is 11.8 Å². The number of likely N-dealkylation sites (N-methyl/N-ethyl adjacent to an activating group) is 1. The number of hydrogen-bond acceptors (Lipinski definition) is 3.